The van der Waals surface area contributed by atoms with Crippen molar-refractivity contribution >= 4 is 17.0 Å². The van der Waals surface area contributed by atoms with Gasteiger partial charge in [-0.2, -0.15) is 0 Å². The van der Waals surface area contributed by atoms with Crippen LogP contribution in [0.3, 0.4) is 0 Å². The first kappa shape index (κ1) is 12.9. The maximum atomic E-state index is 4.08. The minimum atomic E-state index is 0.312. The van der Waals surface area contributed by atoms with Crippen LogP contribution in [0.5, 0.6) is 0 Å². The van der Waals surface area contributed by atoms with E-state index in [1.165, 1.54) is 9.75 Å². The number of benzene rings is 1. The molecule has 0 aliphatic carbocycles. The molecule has 3 rings (SSSR count). The average Bonchev–Trinajstić information content (AvgIpc) is 3.10. The van der Waals surface area contributed by atoms with E-state index in [0.29, 0.717) is 6.04 Å². The van der Waals surface area contributed by atoms with Crippen molar-refractivity contribution in [2.24, 2.45) is 0 Å². The zero-order valence-electron chi connectivity index (χ0n) is 11.6. The van der Waals surface area contributed by atoms with Gasteiger partial charge in [0.1, 0.15) is 0 Å². The molecule has 0 radical (unpaired) electrons. The van der Waals surface area contributed by atoms with Gasteiger partial charge < -0.3 is 9.88 Å². The molecule has 4 heteroatoms. The van der Waals surface area contributed by atoms with Gasteiger partial charge in [0.05, 0.1) is 12.4 Å². The van der Waals surface area contributed by atoms with E-state index in [0.717, 1.165) is 11.4 Å². The van der Waals surface area contributed by atoms with Crippen LogP contribution in [0, 0.1) is 6.92 Å². The largest absolute Gasteiger partial charge is 0.378 e. The lowest BCUT2D eigenvalue weighted by Crippen LogP contribution is -2.05. The first-order valence-electron chi connectivity index (χ1n) is 6.63. The summed E-state index contributed by atoms with van der Waals surface area (Å²) in [5, 5.41) is 3.55. The molecule has 0 bridgehead atoms. The minimum Gasteiger partial charge on any atom is -0.378 e. The Bertz CT molecular complexity index is 685. The average molecular weight is 283 g/mol. The van der Waals surface area contributed by atoms with Crippen LogP contribution in [-0.4, -0.2) is 9.55 Å². The maximum absolute atomic E-state index is 4.08. The van der Waals surface area contributed by atoms with Crippen LogP contribution in [0.4, 0.5) is 5.69 Å². The molecule has 1 atom stereocenters. The Hall–Kier alpha value is -2.07. The smallest absolute Gasteiger partial charge is 0.0991 e. The van der Waals surface area contributed by atoms with Crippen LogP contribution in [0.25, 0.3) is 5.69 Å². The standard InChI is InChI=1S/C16H17N3S/c1-12-6-7-16(20-12)13(2)18-14-4-3-5-15(10-14)19-9-8-17-11-19/h3-11,13,18H,1-2H3. The molecule has 0 amide bonds. The van der Waals surface area contributed by atoms with Gasteiger partial charge in [0.15, 0.2) is 0 Å². The van der Waals surface area contributed by atoms with E-state index in [1.54, 1.807) is 6.20 Å². The highest BCUT2D eigenvalue weighted by atomic mass is 32.1. The fraction of sp³-hybridized carbons (Fsp3) is 0.188. The highest BCUT2D eigenvalue weighted by Gasteiger charge is 2.08. The van der Waals surface area contributed by atoms with Gasteiger partial charge in [0.2, 0.25) is 0 Å². The van der Waals surface area contributed by atoms with Gasteiger partial charge in [-0.3, -0.25) is 0 Å². The van der Waals surface area contributed by atoms with Crippen LogP contribution in [0.1, 0.15) is 22.7 Å². The van der Waals surface area contributed by atoms with Crippen molar-refractivity contribution in [2.45, 2.75) is 19.9 Å². The van der Waals surface area contributed by atoms with Crippen molar-refractivity contribution in [3.8, 4) is 5.69 Å². The number of anilines is 1. The number of aromatic nitrogens is 2. The molecule has 0 saturated carbocycles. The second-order valence-corrected chi connectivity index (χ2v) is 6.15. The normalized spacial score (nSPS) is 12.3. The summed E-state index contributed by atoms with van der Waals surface area (Å²) in [7, 11) is 0. The lowest BCUT2D eigenvalue weighted by atomic mass is 10.2. The molecule has 2 heterocycles. The molecule has 102 valence electrons. The Kier molecular flexibility index (Phi) is 3.56. The topological polar surface area (TPSA) is 29.9 Å². The molecular formula is C16H17N3S. The van der Waals surface area contributed by atoms with Crippen LogP contribution in [0.15, 0.2) is 55.1 Å². The van der Waals surface area contributed by atoms with Gasteiger partial charge in [-0.1, -0.05) is 6.07 Å². The molecule has 0 aliphatic rings. The Balaban J connectivity index is 1.79. The Labute approximate surface area is 122 Å². The number of imidazole rings is 1. The van der Waals surface area contributed by atoms with Crippen molar-refractivity contribution in [1.29, 1.82) is 0 Å². The zero-order chi connectivity index (χ0) is 13.9. The van der Waals surface area contributed by atoms with E-state index >= 15 is 0 Å². The van der Waals surface area contributed by atoms with Crippen molar-refractivity contribution in [3.05, 3.63) is 64.9 Å². The van der Waals surface area contributed by atoms with E-state index in [9.17, 15) is 0 Å². The van der Waals surface area contributed by atoms with Crippen LogP contribution >= 0.6 is 11.3 Å². The Morgan fingerprint density at radius 1 is 1.25 bits per heavy atom. The molecule has 0 aliphatic heterocycles. The van der Waals surface area contributed by atoms with E-state index in [-0.39, 0.29) is 0 Å². The molecule has 0 saturated heterocycles. The summed E-state index contributed by atoms with van der Waals surface area (Å²) in [6.07, 6.45) is 5.55. The minimum absolute atomic E-state index is 0.312. The number of rotatable bonds is 4. The first-order chi connectivity index (χ1) is 9.72. The molecule has 20 heavy (non-hydrogen) atoms. The summed E-state index contributed by atoms with van der Waals surface area (Å²) in [4.78, 5) is 6.79. The Morgan fingerprint density at radius 2 is 2.15 bits per heavy atom. The lowest BCUT2D eigenvalue weighted by molar-refractivity contribution is 0.907. The van der Waals surface area contributed by atoms with Gasteiger partial charge in [0.25, 0.3) is 0 Å². The fourth-order valence-corrected chi connectivity index (χ4v) is 3.06. The quantitative estimate of drug-likeness (QED) is 0.768. The molecule has 1 N–H and O–H groups in total. The van der Waals surface area contributed by atoms with Crippen molar-refractivity contribution in [3.63, 3.8) is 0 Å². The number of nitrogens with one attached hydrogen (secondary N) is 1. The first-order valence-corrected chi connectivity index (χ1v) is 7.45. The molecule has 0 spiro atoms. The van der Waals surface area contributed by atoms with Gasteiger partial charge in [-0.05, 0) is 44.2 Å². The molecule has 2 aromatic heterocycles. The highest BCUT2D eigenvalue weighted by Crippen LogP contribution is 2.26. The number of hydrogen-bond acceptors (Lipinski definition) is 3. The second kappa shape index (κ2) is 5.51. The van der Waals surface area contributed by atoms with Crippen molar-refractivity contribution < 1.29 is 0 Å². The van der Waals surface area contributed by atoms with Crippen LogP contribution in [-0.2, 0) is 0 Å². The van der Waals surface area contributed by atoms with Crippen molar-refractivity contribution in [1.82, 2.24) is 9.55 Å². The molecule has 3 aromatic rings. The fourth-order valence-electron chi connectivity index (χ4n) is 2.18. The number of aryl methyl sites for hydroxylation is 1. The Morgan fingerprint density at radius 3 is 2.85 bits per heavy atom. The van der Waals surface area contributed by atoms with Gasteiger partial charge in [0, 0.05) is 33.5 Å². The van der Waals surface area contributed by atoms with Crippen LogP contribution in [0.2, 0.25) is 0 Å². The summed E-state index contributed by atoms with van der Waals surface area (Å²) in [6.45, 7) is 4.33. The molecule has 1 aromatic carbocycles. The molecule has 1 unspecified atom stereocenters. The van der Waals surface area contributed by atoms with Gasteiger partial charge in [-0.15, -0.1) is 11.3 Å². The van der Waals surface area contributed by atoms with E-state index in [2.05, 4.69) is 60.5 Å². The summed E-state index contributed by atoms with van der Waals surface area (Å²) >= 11 is 1.84. The molecular weight excluding hydrogens is 266 g/mol. The number of nitrogens with zero attached hydrogens (tertiary/aromatic N) is 2. The monoisotopic (exact) mass is 283 g/mol. The molecule has 3 nitrogen and oxygen atoms in total. The predicted octanol–water partition coefficient (Wildman–Crippen LogP) is 4.42. The summed E-state index contributed by atoms with van der Waals surface area (Å²) in [5.74, 6) is 0. The van der Waals surface area contributed by atoms with Crippen LogP contribution < -0.4 is 5.32 Å². The molecule has 0 fully saturated rings. The third-order valence-corrected chi connectivity index (χ3v) is 4.40. The van der Waals surface area contributed by atoms with Gasteiger partial charge in [-0.25, -0.2) is 4.98 Å². The summed E-state index contributed by atoms with van der Waals surface area (Å²) in [6, 6.07) is 13.0. The lowest BCUT2D eigenvalue weighted by Gasteiger charge is -2.14. The maximum Gasteiger partial charge on any atom is 0.0991 e. The van der Waals surface area contributed by atoms with E-state index in [1.807, 2.05) is 28.4 Å². The third kappa shape index (κ3) is 2.75. The number of hydrogen-bond donors (Lipinski definition) is 1. The predicted molar refractivity (Wildman–Crippen MR) is 84.7 cm³/mol. The SMILES string of the molecule is Cc1ccc(C(C)Nc2cccc(-n3ccnc3)c2)s1. The highest BCUT2D eigenvalue weighted by molar-refractivity contribution is 7.12. The van der Waals surface area contributed by atoms with E-state index in [4.69, 9.17) is 0 Å². The van der Waals surface area contributed by atoms with E-state index < -0.39 is 0 Å². The zero-order valence-corrected chi connectivity index (χ0v) is 12.4. The summed E-state index contributed by atoms with van der Waals surface area (Å²) < 4.78 is 2.01. The second-order valence-electron chi connectivity index (χ2n) is 4.83. The summed E-state index contributed by atoms with van der Waals surface area (Å²) in [5.41, 5.74) is 2.23. The van der Waals surface area contributed by atoms with Gasteiger partial charge >= 0.3 is 0 Å². The number of thiophene rings is 1. The van der Waals surface area contributed by atoms with Crippen molar-refractivity contribution in [2.75, 3.05) is 5.32 Å². The third-order valence-electron chi connectivity index (χ3n) is 3.22.